The van der Waals surface area contributed by atoms with Crippen LogP contribution in [0.5, 0.6) is 0 Å². The van der Waals surface area contributed by atoms with E-state index < -0.39 is 0 Å². The number of aromatic nitrogens is 2. The molecule has 0 saturated heterocycles. The lowest BCUT2D eigenvalue weighted by molar-refractivity contribution is 0.369. The van der Waals surface area contributed by atoms with Crippen LogP contribution >= 0.6 is 0 Å². The molecule has 0 spiro atoms. The third-order valence-electron chi connectivity index (χ3n) is 3.29. The number of hydrogen-bond donors (Lipinski definition) is 1. The molecule has 2 aliphatic carbocycles. The highest BCUT2D eigenvalue weighted by molar-refractivity contribution is 5.07. The number of nitrogens with two attached hydrogens (primary N) is 1. The van der Waals surface area contributed by atoms with Gasteiger partial charge >= 0.3 is 0 Å². The van der Waals surface area contributed by atoms with E-state index >= 15 is 0 Å². The zero-order chi connectivity index (χ0) is 9.54. The van der Waals surface area contributed by atoms with Crippen LogP contribution < -0.4 is 5.73 Å². The molecule has 2 atom stereocenters. The first kappa shape index (κ1) is 8.41. The Morgan fingerprint density at radius 3 is 2.71 bits per heavy atom. The standard InChI is InChI=1S/C10H15N3O/c11-8-3-1-2-7(8)9-12-10(14-13-9)6-4-5-6/h6-8H,1-5,11H2/t7-,8+/m1/s1. The Labute approximate surface area is 82.9 Å². The summed E-state index contributed by atoms with van der Waals surface area (Å²) >= 11 is 0. The molecular weight excluding hydrogens is 178 g/mol. The summed E-state index contributed by atoms with van der Waals surface area (Å²) in [7, 11) is 0. The second kappa shape index (κ2) is 3.05. The Hall–Kier alpha value is -0.900. The fourth-order valence-electron chi connectivity index (χ4n) is 2.20. The normalized spacial score (nSPS) is 32.4. The maximum atomic E-state index is 5.99. The Kier molecular flexibility index (Phi) is 1.83. The van der Waals surface area contributed by atoms with Gasteiger partial charge in [-0.15, -0.1) is 0 Å². The lowest BCUT2D eigenvalue weighted by atomic mass is 10.0. The Morgan fingerprint density at radius 1 is 1.21 bits per heavy atom. The first-order valence-corrected chi connectivity index (χ1v) is 5.43. The summed E-state index contributed by atoms with van der Waals surface area (Å²) in [6.07, 6.45) is 5.82. The van der Waals surface area contributed by atoms with Crippen LogP contribution in [0.15, 0.2) is 4.52 Å². The summed E-state index contributed by atoms with van der Waals surface area (Å²) in [6.45, 7) is 0. The van der Waals surface area contributed by atoms with E-state index in [2.05, 4.69) is 10.1 Å². The maximum absolute atomic E-state index is 5.99. The molecule has 1 heterocycles. The fraction of sp³-hybridized carbons (Fsp3) is 0.800. The molecule has 14 heavy (non-hydrogen) atoms. The highest BCUT2D eigenvalue weighted by Crippen LogP contribution is 2.40. The van der Waals surface area contributed by atoms with Crippen molar-refractivity contribution in [3.8, 4) is 0 Å². The van der Waals surface area contributed by atoms with Gasteiger partial charge in [-0.25, -0.2) is 0 Å². The summed E-state index contributed by atoms with van der Waals surface area (Å²) in [6, 6.07) is 0.236. The molecule has 0 aliphatic heterocycles. The van der Waals surface area contributed by atoms with E-state index in [4.69, 9.17) is 10.3 Å². The second-order valence-electron chi connectivity index (χ2n) is 4.47. The Morgan fingerprint density at radius 2 is 2.07 bits per heavy atom. The van der Waals surface area contributed by atoms with Gasteiger partial charge in [0.2, 0.25) is 5.89 Å². The molecule has 0 bridgehead atoms. The van der Waals surface area contributed by atoms with Crippen molar-refractivity contribution < 1.29 is 4.52 Å². The summed E-state index contributed by atoms with van der Waals surface area (Å²) in [5.74, 6) is 2.57. The molecule has 3 rings (SSSR count). The zero-order valence-electron chi connectivity index (χ0n) is 8.15. The number of rotatable bonds is 2. The lowest BCUT2D eigenvalue weighted by Gasteiger charge is -2.09. The van der Waals surface area contributed by atoms with Gasteiger partial charge in [-0.1, -0.05) is 11.6 Å². The van der Waals surface area contributed by atoms with Crippen molar-refractivity contribution in [2.45, 2.75) is 50.0 Å². The monoisotopic (exact) mass is 193 g/mol. The van der Waals surface area contributed by atoms with Gasteiger partial charge in [-0.2, -0.15) is 4.98 Å². The zero-order valence-corrected chi connectivity index (χ0v) is 8.15. The van der Waals surface area contributed by atoms with Gasteiger partial charge in [-0.05, 0) is 25.7 Å². The topological polar surface area (TPSA) is 64.9 Å². The van der Waals surface area contributed by atoms with Crippen molar-refractivity contribution in [3.05, 3.63) is 11.7 Å². The van der Waals surface area contributed by atoms with Crippen LogP contribution in [0.3, 0.4) is 0 Å². The predicted molar refractivity (Wildman–Crippen MR) is 50.8 cm³/mol. The average Bonchev–Trinajstić information content (AvgIpc) is 2.75. The van der Waals surface area contributed by atoms with Gasteiger partial charge in [0, 0.05) is 17.9 Å². The number of hydrogen-bond acceptors (Lipinski definition) is 4. The SMILES string of the molecule is N[C@H]1CCC[C@H]1c1noc(C2CC2)n1. The van der Waals surface area contributed by atoms with Gasteiger partial charge in [0.1, 0.15) is 0 Å². The Balaban J connectivity index is 1.81. The van der Waals surface area contributed by atoms with E-state index in [1.807, 2.05) is 0 Å². The van der Waals surface area contributed by atoms with Crippen molar-refractivity contribution in [2.24, 2.45) is 5.73 Å². The van der Waals surface area contributed by atoms with Gasteiger partial charge in [-0.3, -0.25) is 0 Å². The second-order valence-corrected chi connectivity index (χ2v) is 4.47. The van der Waals surface area contributed by atoms with Crippen LogP contribution in [0.2, 0.25) is 0 Å². The third-order valence-corrected chi connectivity index (χ3v) is 3.29. The first-order chi connectivity index (χ1) is 6.84. The minimum absolute atomic E-state index is 0.236. The van der Waals surface area contributed by atoms with Crippen molar-refractivity contribution in [3.63, 3.8) is 0 Å². The minimum atomic E-state index is 0.236. The smallest absolute Gasteiger partial charge is 0.229 e. The van der Waals surface area contributed by atoms with Crippen molar-refractivity contribution in [2.75, 3.05) is 0 Å². The molecule has 2 saturated carbocycles. The van der Waals surface area contributed by atoms with Crippen LogP contribution in [0.4, 0.5) is 0 Å². The van der Waals surface area contributed by atoms with E-state index in [1.165, 1.54) is 19.3 Å². The summed E-state index contributed by atoms with van der Waals surface area (Å²) in [5.41, 5.74) is 5.99. The average molecular weight is 193 g/mol. The van der Waals surface area contributed by atoms with Crippen LogP contribution in [0, 0.1) is 0 Å². The molecule has 2 N–H and O–H groups in total. The molecule has 1 aromatic rings. The molecule has 2 fully saturated rings. The van der Waals surface area contributed by atoms with Crippen LogP contribution in [-0.4, -0.2) is 16.2 Å². The van der Waals surface area contributed by atoms with Gasteiger partial charge in [0.15, 0.2) is 5.82 Å². The van der Waals surface area contributed by atoms with E-state index in [0.29, 0.717) is 11.8 Å². The van der Waals surface area contributed by atoms with E-state index in [0.717, 1.165) is 24.6 Å². The largest absolute Gasteiger partial charge is 0.339 e. The molecule has 1 aromatic heterocycles. The molecule has 4 heteroatoms. The minimum Gasteiger partial charge on any atom is -0.339 e. The number of nitrogens with zero attached hydrogens (tertiary/aromatic N) is 2. The molecule has 0 aromatic carbocycles. The van der Waals surface area contributed by atoms with Crippen molar-refractivity contribution in [1.29, 1.82) is 0 Å². The van der Waals surface area contributed by atoms with Gasteiger partial charge < -0.3 is 10.3 Å². The van der Waals surface area contributed by atoms with E-state index in [9.17, 15) is 0 Å². The summed E-state index contributed by atoms with van der Waals surface area (Å²) in [4.78, 5) is 4.45. The molecule has 76 valence electrons. The van der Waals surface area contributed by atoms with Crippen molar-refractivity contribution in [1.82, 2.24) is 10.1 Å². The summed E-state index contributed by atoms with van der Waals surface area (Å²) < 4.78 is 5.23. The third kappa shape index (κ3) is 1.34. The highest BCUT2D eigenvalue weighted by atomic mass is 16.5. The lowest BCUT2D eigenvalue weighted by Crippen LogP contribution is -2.23. The molecule has 0 radical (unpaired) electrons. The van der Waals surface area contributed by atoms with Crippen LogP contribution in [0.1, 0.15) is 55.7 Å². The fourth-order valence-corrected chi connectivity index (χ4v) is 2.20. The maximum Gasteiger partial charge on any atom is 0.229 e. The van der Waals surface area contributed by atoms with Crippen molar-refractivity contribution >= 4 is 0 Å². The molecular formula is C10H15N3O. The Bertz CT molecular complexity index is 332. The van der Waals surface area contributed by atoms with Crippen LogP contribution in [0.25, 0.3) is 0 Å². The molecule has 0 unspecified atom stereocenters. The van der Waals surface area contributed by atoms with Crippen LogP contribution in [-0.2, 0) is 0 Å². The molecule has 0 amide bonds. The van der Waals surface area contributed by atoms with E-state index in [-0.39, 0.29) is 6.04 Å². The highest BCUT2D eigenvalue weighted by Gasteiger charge is 2.33. The van der Waals surface area contributed by atoms with E-state index in [1.54, 1.807) is 0 Å². The quantitative estimate of drug-likeness (QED) is 0.773. The molecule has 4 nitrogen and oxygen atoms in total. The van der Waals surface area contributed by atoms with Gasteiger partial charge in [0.05, 0.1) is 0 Å². The van der Waals surface area contributed by atoms with Gasteiger partial charge in [0.25, 0.3) is 0 Å². The predicted octanol–water partition coefficient (Wildman–Crippen LogP) is 1.54. The first-order valence-electron chi connectivity index (χ1n) is 5.43. The summed E-state index contributed by atoms with van der Waals surface area (Å²) in [5, 5.41) is 4.04. The molecule has 2 aliphatic rings.